The van der Waals surface area contributed by atoms with E-state index in [0.717, 1.165) is 31.2 Å². The molecule has 2 heterocycles. The zero-order valence-electron chi connectivity index (χ0n) is 19.1. The van der Waals surface area contributed by atoms with Crippen molar-refractivity contribution < 1.29 is 69.4 Å². The molecule has 2 aliphatic rings. The fraction of sp³-hybridized carbons (Fsp3) is 0.391. The Balaban J connectivity index is 1.73. The van der Waals surface area contributed by atoms with Crippen molar-refractivity contribution >= 4 is 11.8 Å². The summed E-state index contributed by atoms with van der Waals surface area (Å²) in [6.07, 6.45) is -11.9. The van der Waals surface area contributed by atoms with Gasteiger partial charge in [-0.15, -0.1) is 0 Å². The largest absolute Gasteiger partial charge is 0.508 e. The number of hydrogen-bond donors (Lipinski definition) is 8. The number of ketones is 1. The summed E-state index contributed by atoms with van der Waals surface area (Å²) in [5, 5.41) is 80.7. The van der Waals surface area contributed by atoms with Crippen LogP contribution in [0.15, 0.2) is 24.3 Å². The lowest BCUT2D eigenvalue weighted by atomic mass is 9.91. The average Bonchev–Trinajstić information content (AvgIpc) is 2.82. The first-order valence-electron chi connectivity index (χ1n) is 10.9. The maximum Gasteiger partial charge on any atom is 0.302 e. The average molecular weight is 524 g/mol. The van der Waals surface area contributed by atoms with Crippen molar-refractivity contribution in [2.75, 3.05) is 6.61 Å². The molecule has 2 aromatic rings. The molecule has 7 unspecified atom stereocenters. The van der Waals surface area contributed by atoms with E-state index in [2.05, 4.69) is 0 Å². The van der Waals surface area contributed by atoms with Gasteiger partial charge >= 0.3 is 5.97 Å². The molecule has 1 fully saturated rings. The number of Topliss-reactive ketones (excluding diaryl/α,β-unsaturated/α-hetero) is 1. The minimum absolute atomic E-state index is 0.109. The molecule has 0 amide bonds. The van der Waals surface area contributed by atoms with Crippen LogP contribution in [0.2, 0.25) is 0 Å². The number of benzene rings is 2. The van der Waals surface area contributed by atoms with Crippen LogP contribution in [-0.4, -0.2) is 96.0 Å². The van der Waals surface area contributed by atoms with Crippen LogP contribution in [-0.2, 0) is 19.0 Å². The summed E-state index contributed by atoms with van der Waals surface area (Å²) in [5.74, 6) is -5.46. The van der Waals surface area contributed by atoms with Crippen molar-refractivity contribution in [2.45, 2.75) is 49.8 Å². The molecule has 0 spiro atoms. The number of aromatic hydroxyl groups is 5. The second-order valence-electron chi connectivity index (χ2n) is 8.52. The minimum atomic E-state index is -1.91. The summed E-state index contributed by atoms with van der Waals surface area (Å²) in [7, 11) is 0. The fourth-order valence-electron chi connectivity index (χ4n) is 4.08. The number of esters is 1. The van der Waals surface area contributed by atoms with Gasteiger partial charge in [0.05, 0.1) is 0 Å². The maximum absolute atomic E-state index is 13.5. The normalized spacial score (nSPS) is 29.3. The van der Waals surface area contributed by atoms with Crippen LogP contribution in [0.4, 0.5) is 0 Å². The zero-order chi connectivity index (χ0) is 27.2. The van der Waals surface area contributed by atoms with Gasteiger partial charge in [0.15, 0.2) is 35.7 Å². The van der Waals surface area contributed by atoms with Crippen LogP contribution in [0, 0.1) is 0 Å². The molecule has 14 nitrogen and oxygen atoms in total. The van der Waals surface area contributed by atoms with Crippen LogP contribution in [0.25, 0.3) is 0 Å². The van der Waals surface area contributed by atoms with E-state index < -0.39 is 95.6 Å². The highest BCUT2D eigenvalue weighted by atomic mass is 16.7. The Morgan fingerprint density at radius 3 is 2.19 bits per heavy atom. The van der Waals surface area contributed by atoms with Crippen LogP contribution in [0.5, 0.6) is 34.5 Å². The van der Waals surface area contributed by atoms with E-state index >= 15 is 0 Å². The topological polar surface area (TPSA) is 233 Å². The van der Waals surface area contributed by atoms with Crippen molar-refractivity contribution in [1.82, 2.24) is 0 Å². The molecule has 37 heavy (non-hydrogen) atoms. The van der Waals surface area contributed by atoms with Gasteiger partial charge in [0.2, 0.25) is 5.78 Å². The predicted molar refractivity (Wildman–Crippen MR) is 117 cm³/mol. The molecule has 8 N–H and O–H groups in total. The van der Waals surface area contributed by atoms with E-state index in [-0.39, 0.29) is 11.3 Å². The van der Waals surface area contributed by atoms with Gasteiger partial charge in [-0.2, -0.15) is 0 Å². The second kappa shape index (κ2) is 9.91. The van der Waals surface area contributed by atoms with E-state index in [1.165, 1.54) is 0 Å². The molecule has 0 aliphatic carbocycles. The summed E-state index contributed by atoms with van der Waals surface area (Å²) < 4.78 is 21.7. The lowest BCUT2D eigenvalue weighted by molar-refractivity contribution is -0.312. The summed E-state index contributed by atoms with van der Waals surface area (Å²) in [4.78, 5) is 24.6. The number of aliphatic hydroxyl groups is 3. The van der Waals surface area contributed by atoms with Gasteiger partial charge in [0, 0.05) is 24.6 Å². The summed E-state index contributed by atoms with van der Waals surface area (Å²) in [6.45, 7) is 0.572. The first-order chi connectivity index (χ1) is 17.4. The number of ether oxygens (including phenoxy) is 4. The number of phenolic OH excluding ortho intramolecular Hbond substituents is 5. The molecule has 2 aromatic carbocycles. The van der Waals surface area contributed by atoms with E-state index in [0.29, 0.717) is 0 Å². The van der Waals surface area contributed by atoms with Gasteiger partial charge in [0.1, 0.15) is 53.8 Å². The number of carbonyl (C=O) groups is 2. The molecule has 200 valence electrons. The zero-order valence-corrected chi connectivity index (χ0v) is 19.1. The maximum atomic E-state index is 13.5. The predicted octanol–water partition coefficient (Wildman–Crippen LogP) is -0.713. The summed E-state index contributed by atoms with van der Waals surface area (Å²) >= 11 is 0. The third-order valence-electron chi connectivity index (χ3n) is 5.92. The van der Waals surface area contributed by atoms with Crippen molar-refractivity contribution in [3.05, 3.63) is 35.4 Å². The number of phenols is 5. The standard InChI is InChI=1S/C23H24O14/c1-7(24)34-6-14-17(30)19(32)20(33)23(36-14)37-22-18(31)15-10(26)4-9(25)5-13(15)35-21(22)8-2-11(27)16(29)12(28)3-8/h2-5,14,17,19-23,25-30,32-33H,6H2,1H3. The number of hydrogen-bond acceptors (Lipinski definition) is 14. The minimum Gasteiger partial charge on any atom is -0.508 e. The molecule has 14 heteroatoms. The highest BCUT2D eigenvalue weighted by Crippen LogP contribution is 2.46. The van der Waals surface area contributed by atoms with Gasteiger partial charge in [0.25, 0.3) is 0 Å². The Kier molecular flexibility index (Phi) is 7.03. The van der Waals surface area contributed by atoms with E-state index in [1.54, 1.807) is 0 Å². The van der Waals surface area contributed by atoms with Crippen molar-refractivity contribution in [1.29, 1.82) is 0 Å². The molecule has 7 atom stereocenters. The van der Waals surface area contributed by atoms with Crippen LogP contribution in [0.3, 0.4) is 0 Å². The lowest BCUT2D eigenvalue weighted by Crippen LogP contribution is -2.60. The Labute approximate surface area is 208 Å². The van der Waals surface area contributed by atoms with Gasteiger partial charge in [-0.1, -0.05) is 0 Å². The number of fused-ring (bicyclic) bond motifs is 1. The van der Waals surface area contributed by atoms with Crippen LogP contribution < -0.4 is 4.74 Å². The Hall–Kier alpha value is -3.82. The van der Waals surface area contributed by atoms with Crippen LogP contribution >= 0.6 is 0 Å². The van der Waals surface area contributed by atoms with Crippen molar-refractivity contribution in [3.8, 4) is 34.5 Å². The molecule has 1 saturated heterocycles. The van der Waals surface area contributed by atoms with Crippen LogP contribution in [0.1, 0.15) is 28.9 Å². The molecule has 2 aliphatic heterocycles. The van der Waals surface area contributed by atoms with E-state index in [4.69, 9.17) is 18.9 Å². The Bertz CT molecular complexity index is 1190. The first-order valence-corrected chi connectivity index (χ1v) is 10.9. The SMILES string of the molecule is CC(=O)OCC1OC(OC2C(=O)c3c(O)cc(O)cc3OC2c2cc(O)c(O)c(O)c2)C(O)C(O)C1O. The van der Waals surface area contributed by atoms with E-state index in [1.807, 2.05) is 0 Å². The van der Waals surface area contributed by atoms with Gasteiger partial charge in [-0.25, -0.2) is 0 Å². The Morgan fingerprint density at radius 1 is 0.919 bits per heavy atom. The third-order valence-corrected chi connectivity index (χ3v) is 5.92. The van der Waals surface area contributed by atoms with E-state index in [9.17, 15) is 50.4 Å². The summed E-state index contributed by atoms with van der Waals surface area (Å²) in [5.41, 5.74) is -0.518. The smallest absolute Gasteiger partial charge is 0.302 e. The van der Waals surface area contributed by atoms with Crippen molar-refractivity contribution in [3.63, 3.8) is 0 Å². The van der Waals surface area contributed by atoms with Crippen molar-refractivity contribution in [2.24, 2.45) is 0 Å². The second-order valence-corrected chi connectivity index (χ2v) is 8.52. The number of aliphatic hydroxyl groups excluding tert-OH is 3. The fourth-order valence-corrected chi connectivity index (χ4v) is 4.08. The molecule has 0 aromatic heterocycles. The van der Waals surface area contributed by atoms with Gasteiger partial charge < -0.3 is 59.8 Å². The first kappa shape index (κ1) is 26.2. The molecule has 0 saturated carbocycles. The van der Waals surface area contributed by atoms with Gasteiger partial charge in [-0.05, 0) is 12.1 Å². The monoisotopic (exact) mass is 524 g/mol. The van der Waals surface area contributed by atoms with Gasteiger partial charge in [-0.3, -0.25) is 9.59 Å². The summed E-state index contributed by atoms with van der Waals surface area (Å²) in [6, 6.07) is 3.81. The lowest BCUT2D eigenvalue weighted by Gasteiger charge is -2.42. The Morgan fingerprint density at radius 2 is 1.57 bits per heavy atom. The quantitative estimate of drug-likeness (QED) is 0.178. The molecule has 4 rings (SSSR count). The molecular weight excluding hydrogens is 500 g/mol. The molecule has 0 bridgehead atoms. The highest BCUT2D eigenvalue weighted by molar-refractivity contribution is 6.05. The number of rotatable bonds is 5. The highest BCUT2D eigenvalue weighted by Gasteiger charge is 2.49. The molecule has 0 radical (unpaired) electrons. The number of carbonyl (C=O) groups excluding carboxylic acids is 2. The molecular formula is C23H24O14. The third kappa shape index (κ3) is 4.92.